The second-order valence-electron chi connectivity index (χ2n) is 3.89. The number of benzene rings is 1. The quantitative estimate of drug-likeness (QED) is 0.568. The maximum absolute atomic E-state index is 6.14. The molecule has 0 aliphatic heterocycles. The molecule has 0 aromatic heterocycles. The van der Waals surface area contributed by atoms with Gasteiger partial charge in [0.1, 0.15) is 7.11 Å². The minimum Gasteiger partial charge on any atom is -0.399 e. The van der Waals surface area contributed by atoms with Crippen LogP contribution in [0.25, 0.3) is 0 Å². The Balaban J connectivity index is 2.11. The first-order valence-electron chi connectivity index (χ1n) is 5.06. The van der Waals surface area contributed by atoms with Crippen LogP contribution in [0.3, 0.4) is 0 Å². The Bertz CT molecular complexity index is 389. The Kier molecular flexibility index (Phi) is 2.96. The van der Waals surface area contributed by atoms with Crippen LogP contribution in [0.2, 0.25) is 5.02 Å². The fourth-order valence-electron chi connectivity index (χ4n) is 1.99. The van der Waals surface area contributed by atoms with Crippen molar-refractivity contribution in [2.24, 2.45) is 11.1 Å². The van der Waals surface area contributed by atoms with Crippen molar-refractivity contribution in [3.63, 3.8) is 0 Å². The van der Waals surface area contributed by atoms with Gasteiger partial charge in [-0.1, -0.05) is 35.0 Å². The SMILES string of the molecule is CON=C(C)C1CC1c1ccccc1Cl. The molecule has 3 heteroatoms. The number of halogens is 1. The fraction of sp³-hybridized carbons (Fsp3) is 0.417. The van der Waals surface area contributed by atoms with E-state index in [0.29, 0.717) is 11.8 Å². The van der Waals surface area contributed by atoms with Gasteiger partial charge in [-0.2, -0.15) is 0 Å². The van der Waals surface area contributed by atoms with E-state index in [0.717, 1.165) is 17.2 Å². The summed E-state index contributed by atoms with van der Waals surface area (Å²) in [5.41, 5.74) is 2.29. The van der Waals surface area contributed by atoms with Gasteiger partial charge in [-0.15, -0.1) is 0 Å². The Morgan fingerprint density at radius 1 is 1.47 bits per heavy atom. The Morgan fingerprint density at radius 2 is 2.20 bits per heavy atom. The van der Waals surface area contributed by atoms with Gasteiger partial charge in [0.05, 0.1) is 5.71 Å². The van der Waals surface area contributed by atoms with Crippen molar-refractivity contribution >= 4 is 17.3 Å². The van der Waals surface area contributed by atoms with Gasteiger partial charge in [0.15, 0.2) is 0 Å². The zero-order valence-electron chi connectivity index (χ0n) is 8.90. The van der Waals surface area contributed by atoms with Crippen molar-refractivity contribution in [3.05, 3.63) is 34.9 Å². The van der Waals surface area contributed by atoms with E-state index < -0.39 is 0 Å². The van der Waals surface area contributed by atoms with Gasteiger partial charge in [0, 0.05) is 10.9 Å². The summed E-state index contributed by atoms with van der Waals surface area (Å²) in [5.74, 6) is 1.03. The van der Waals surface area contributed by atoms with Gasteiger partial charge in [-0.3, -0.25) is 0 Å². The van der Waals surface area contributed by atoms with Crippen LogP contribution in [0.15, 0.2) is 29.4 Å². The minimum absolute atomic E-state index is 0.504. The summed E-state index contributed by atoms with van der Waals surface area (Å²) in [6, 6.07) is 8.01. The molecule has 0 bridgehead atoms. The lowest BCUT2D eigenvalue weighted by Gasteiger charge is -2.02. The van der Waals surface area contributed by atoms with E-state index in [4.69, 9.17) is 16.4 Å². The van der Waals surface area contributed by atoms with Crippen molar-refractivity contribution in [1.82, 2.24) is 0 Å². The molecule has 2 rings (SSSR count). The number of nitrogens with zero attached hydrogens (tertiary/aromatic N) is 1. The standard InChI is InChI=1S/C12H14ClNO/c1-8(14-15-2)10-7-11(10)9-5-3-4-6-12(9)13/h3-6,10-11H,7H2,1-2H3. The van der Waals surface area contributed by atoms with Crippen LogP contribution in [0.4, 0.5) is 0 Å². The molecule has 2 nitrogen and oxygen atoms in total. The zero-order chi connectivity index (χ0) is 10.8. The monoisotopic (exact) mass is 223 g/mol. The first kappa shape index (κ1) is 10.5. The summed E-state index contributed by atoms with van der Waals surface area (Å²) in [6.07, 6.45) is 1.13. The molecule has 0 spiro atoms. The lowest BCUT2D eigenvalue weighted by atomic mass is 10.1. The van der Waals surface area contributed by atoms with E-state index in [9.17, 15) is 0 Å². The van der Waals surface area contributed by atoms with Crippen molar-refractivity contribution in [2.75, 3.05) is 7.11 Å². The number of hydrogen-bond acceptors (Lipinski definition) is 2. The Hall–Kier alpha value is -1.02. The molecule has 15 heavy (non-hydrogen) atoms. The van der Waals surface area contributed by atoms with Crippen molar-refractivity contribution in [3.8, 4) is 0 Å². The molecule has 1 saturated carbocycles. The molecular weight excluding hydrogens is 210 g/mol. The lowest BCUT2D eigenvalue weighted by Crippen LogP contribution is -1.97. The third kappa shape index (κ3) is 2.15. The molecular formula is C12H14ClNO. The number of oxime groups is 1. The van der Waals surface area contributed by atoms with Crippen molar-refractivity contribution in [1.29, 1.82) is 0 Å². The third-order valence-electron chi connectivity index (χ3n) is 2.87. The molecule has 1 aliphatic rings. The van der Waals surface area contributed by atoms with E-state index in [2.05, 4.69) is 11.2 Å². The highest BCUT2D eigenvalue weighted by Gasteiger charge is 2.41. The molecule has 1 fully saturated rings. The zero-order valence-corrected chi connectivity index (χ0v) is 9.66. The van der Waals surface area contributed by atoms with Crippen molar-refractivity contribution < 1.29 is 4.84 Å². The molecule has 1 aromatic rings. The topological polar surface area (TPSA) is 21.6 Å². The molecule has 2 unspecified atom stereocenters. The van der Waals surface area contributed by atoms with Crippen LogP contribution in [-0.4, -0.2) is 12.8 Å². The summed E-state index contributed by atoms with van der Waals surface area (Å²) in [7, 11) is 1.58. The molecule has 0 amide bonds. The highest BCUT2D eigenvalue weighted by Crippen LogP contribution is 2.50. The molecule has 0 radical (unpaired) electrons. The molecule has 2 atom stereocenters. The van der Waals surface area contributed by atoms with Crippen LogP contribution in [0.1, 0.15) is 24.8 Å². The van der Waals surface area contributed by atoms with Gasteiger partial charge >= 0.3 is 0 Å². The van der Waals surface area contributed by atoms with E-state index >= 15 is 0 Å². The van der Waals surface area contributed by atoms with E-state index in [-0.39, 0.29) is 0 Å². The third-order valence-corrected chi connectivity index (χ3v) is 3.21. The summed E-state index contributed by atoms with van der Waals surface area (Å²) >= 11 is 6.14. The van der Waals surface area contributed by atoms with Gasteiger partial charge in [0.25, 0.3) is 0 Å². The molecule has 1 aromatic carbocycles. The van der Waals surface area contributed by atoms with Gasteiger partial charge in [0.2, 0.25) is 0 Å². The van der Waals surface area contributed by atoms with E-state index in [1.54, 1.807) is 7.11 Å². The molecule has 0 saturated heterocycles. The second-order valence-corrected chi connectivity index (χ2v) is 4.29. The van der Waals surface area contributed by atoms with Crippen LogP contribution >= 0.6 is 11.6 Å². The highest BCUT2D eigenvalue weighted by molar-refractivity contribution is 6.31. The largest absolute Gasteiger partial charge is 0.399 e. The summed E-state index contributed by atoms with van der Waals surface area (Å²) in [6.45, 7) is 2.00. The van der Waals surface area contributed by atoms with Crippen LogP contribution in [0, 0.1) is 5.92 Å². The predicted octanol–water partition coefficient (Wildman–Crippen LogP) is 3.47. The predicted molar refractivity (Wildman–Crippen MR) is 62.4 cm³/mol. The van der Waals surface area contributed by atoms with Gasteiger partial charge in [-0.05, 0) is 30.9 Å². The maximum atomic E-state index is 6.14. The van der Waals surface area contributed by atoms with E-state index in [1.165, 1.54) is 5.56 Å². The average Bonchev–Trinajstić information content (AvgIpc) is 2.98. The Morgan fingerprint density at radius 3 is 2.87 bits per heavy atom. The molecule has 80 valence electrons. The average molecular weight is 224 g/mol. The first-order valence-corrected chi connectivity index (χ1v) is 5.44. The number of rotatable bonds is 3. The van der Waals surface area contributed by atoms with Crippen LogP contribution in [0.5, 0.6) is 0 Å². The first-order chi connectivity index (χ1) is 7.24. The van der Waals surface area contributed by atoms with E-state index in [1.807, 2.05) is 25.1 Å². The Labute approximate surface area is 94.9 Å². The summed E-state index contributed by atoms with van der Waals surface area (Å²) in [4.78, 5) is 4.77. The second kappa shape index (κ2) is 4.23. The van der Waals surface area contributed by atoms with Gasteiger partial charge in [-0.25, -0.2) is 0 Å². The maximum Gasteiger partial charge on any atom is 0.106 e. The van der Waals surface area contributed by atoms with Crippen molar-refractivity contribution in [2.45, 2.75) is 19.3 Å². The fourth-order valence-corrected chi connectivity index (χ4v) is 2.26. The van der Waals surface area contributed by atoms with Gasteiger partial charge < -0.3 is 4.84 Å². The minimum atomic E-state index is 0.504. The number of hydrogen-bond donors (Lipinski definition) is 0. The summed E-state index contributed by atoms with van der Waals surface area (Å²) in [5, 5.41) is 4.82. The smallest absolute Gasteiger partial charge is 0.106 e. The molecule has 0 heterocycles. The highest BCUT2D eigenvalue weighted by atomic mass is 35.5. The normalized spacial score (nSPS) is 25.1. The molecule has 0 N–H and O–H groups in total. The molecule has 1 aliphatic carbocycles. The summed E-state index contributed by atoms with van der Waals surface area (Å²) < 4.78 is 0. The van der Waals surface area contributed by atoms with Crippen LogP contribution < -0.4 is 0 Å². The van der Waals surface area contributed by atoms with Crippen LogP contribution in [-0.2, 0) is 4.84 Å². The lowest BCUT2D eigenvalue weighted by molar-refractivity contribution is 0.212.